The second-order valence-electron chi connectivity index (χ2n) is 4.25. The van der Waals surface area contributed by atoms with Crippen molar-refractivity contribution in [3.63, 3.8) is 0 Å². The molecule has 0 atom stereocenters. The molecule has 0 aliphatic rings. The van der Waals surface area contributed by atoms with Gasteiger partial charge < -0.3 is 10.3 Å². The van der Waals surface area contributed by atoms with Gasteiger partial charge in [0, 0.05) is 25.5 Å². The summed E-state index contributed by atoms with van der Waals surface area (Å²) in [5.41, 5.74) is 4.59. The van der Waals surface area contributed by atoms with E-state index < -0.39 is 0 Å². The van der Waals surface area contributed by atoms with Crippen LogP contribution in [0.1, 0.15) is 23.0 Å². The van der Waals surface area contributed by atoms with E-state index in [1.807, 2.05) is 19.1 Å². The Kier molecular flexibility index (Phi) is 4.62. The van der Waals surface area contributed by atoms with Gasteiger partial charge in [0.05, 0.1) is 11.9 Å². The smallest absolute Gasteiger partial charge is 0.272 e. The van der Waals surface area contributed by atoms with E-state index in [4.69, 9.17) is 5.84 Å². The van der Waals surface area contributed by atoms with E-state index in [1.165, 1.54) is 6.20 Å². The second-order valence-corrected chi connectivity index (χ2v) is 4.25. The van der Waals surface area contributed by atoms with Crippen LogP contribution < -0.4 is 11.3 Å². The highest BCUT2D eigenvalue weighted by molar-refractivity contribution is 5.92. The predicted molar refractivity (Wildman–Crippen MR) is 76.7 cm³/mol. The first-order valence-corrected chi connectivity index (χ1v) is 6.35. The molecular weight excluding hydrogens is 254 g/mol. The Morgan fingerprint density at radius 1 is 1.30 bits per heavy atom. The molecule has 6 heteroatoms. The summed E-state index contributed by atoms with van der Waals surface area (Å²) in [4.78, 5) is 22.2. The van der Waals surface area contributed by atoms with E-state index in [2.05, 4.69) is 15.4 Å². The number of nitrogens with two attached hydrogens (primary N) is 1. The van der Waals surface area contributed by atoms with E-state index >= 15 is 0 Å². The number of hydrogen-bond donors (Lipinski definition) is 2. The van der Waals surface area contributed by atoms with Crippen LogP contribution in [0.5, 0.6) is 0 Å². The Morgan fingerprint density at radius 2 is 2.05 bits per heavy atom. The number of nitrogens with one attached hydrogen (secondary N) is 1. The number of carbonyl (C=O) groups excluding carboxylic acids is 1. The number of carbonyl (C=O) groups is 1. The van der Waals surface area contributed by atoms with Crippen LogP contribution in [0, 0.1) is 0 Å². The van der Waals surface area contributed by atoms with Gasteiger partial charge in [-0.2, -0.15) is 0 Å². The lowest BCUT2D eigenvalue weighted by atomic mass is 10.2. The number of hydrogen-bond acceptors (Lipinski definition) is 5. The lowest BCUT2D eigenvalue weighted by molar-refractivity contribution is 0.0746. The molecule has 0 saturated carbocycles. The molecule has 20 heavy (non-hydrogen) atoms. The fourth-order valence-electron chi connectivity index (χ4n) is 1.80. The fraction of sp³-hybridized carbons (Fsp3) is 0.214. The van der Waals surface area contributed by atoms with E-state index in [9.17, 15) is 4.79 Å². The molecular formula is C14H17N5O. The summed E-state index contributed by atoms with van der Waals surface area (Å²) in [6.07, 6.45) is 4.97. The molecule has 1 amide bonds. The number of anilines is 1. The van der Waals surface area contributed by atoms with Crippen molar-refractivity contribution >= 4 is 11.6 Å². The molecule has 0 aliphatic carbocycles. The monoisotopic (exact) mass is 271 g/mol. The maximum Gasteiger partial charge on any atom is 0.272 e. The minimum absolute atomic E-state index is 0.104. The quantitative estimate of drug-likeness (QED) is 0.634. The van der Waals surface area contributed by atoms with Crippen LogP contribution in [0.25, 0.3) is 0 Å². The maximum absolute atomic E-state index is 12.4. The third kappa shape index (κ3) is 3.30. The van der Waals surface area contributed by atoms with Gasteiger partial charge in [0.25, 0.3) is 5.91 Å². The molecule has 0 spiro atoms. The number of amides is 1. The molecule has 3 N–H and O–H groups in total. The largest absolute Gasteiger partial charge is 0.333 e. The summed E-state index contributed by atoms with van der Waals surface area (Å²) in [5, 5.41) is 0. The number of rotatable bonds is 5. The van der Waals surface area contributed by atoms with Gasteiger partial charge >= 0.3 is 0 Å². The minimum atomic E-state index is -0.104. The molecule has 2 heterocycles. The number of hydrazine groups is 1. The third-order valence-electron chi connectivity index (χ3n) is 2.94. The highest BCUT2D eigenvalue weighted by Gasteiger charge is 2.15. The third-order valence-corrected chi connectivity index (χ3v) is 2.94. The molecule has 0 fully saturated rings. The lowest BCUT2D eigenvalue weighted by Crippen LogP contribution is -2.31. The van der Waals surface area contributed by atoms with Crippen molar-refractivity contribution < 1.29 is 4.79 Å². The van der Waals surface area contributed by atoms with Crippen molar-refractivity contribution in [3.05, 3.63) is 54.1 Å². The molecule has 0 unspecified atom stereocenters. The highest BCUT2D eigenvalue weighted by atomic mass is 16.2. The highest BCUT2D eigenvalue weighted by Crippen LogP contribution is 2.10. The van der Waals surface area contributed by atoms with Crippen LogP contribution in [0.15, 0.2) is 42.9 Å². The van der Waals surface area contributed by atoms with Gasteiger partial charge in [0.15, 0.2) is 0 Å². The first-order valence-electron chi connectivity index (χ1n) is 6.35. The first kappa shape index (κ1) is 14.0. The van der Waals surface area contributed by atoms with E-state index in [1.54, 1.807) is 29.4 Å². The maximum atomic E-state index is 12.4. The first-order chi connectivity index (χ1) is 9.74. The number of pyridine rings is 2. The zero-order valence-corrected chi connectivity index (χ0v) is 11.3. The van der Waals surface area contributed by atoms with Gasteiger partial charge in [-0.15, -0.1) is 0 Å². The fourth-order valence-corrected chi connectivity index (χ4v) is 1.80. The molecule has 0 radical (unpaired) electrons. The van der Waals surface area contributed by atoms with Crippen molar-refractivity contribution in [3.8, 4) is 0 Å². The standard InChI is InChI=1S/C14H17N5O/c1-2-19(10-11-5-7-16-8-6-11)14(20)13-4-3-12(18-15)9-17-13/h3-9,18H,2,10,15H2,1H3. The van der Waals surface area contributed by atoms with Gasteiger partial charge in [-0.05, 0) is 36.8 Å². The van der Waals surface area contributed by atoms with E-state index in [-0.39, 0.29) is 5.91 Å². The molecule has 0 saturated heterocycles. The van der Waals surface area contributed by atoms with Gasteiger partial charge in [0.1, 0.15) is 5.69 Å². The van der Waals surface area contributed by atoms with Gasteiger partial charge in [-0.25, -0.2) is 4.98 Å². The molecule has 2 aromatic rings. The summed E-state index contributed by atoms with van der Waals surface area (Å²) in [7, 11) is 0. The minimum Gasteiger partial charge on any atom is -0.333 e. The Labute approximate surface area is 117 Å². The number of nitrogen functional groups attached to an aromatic ring is 1. The normalized spacial score (nSPS) is 10.1. The molecule has 0 aromatic carbocycles. The Morgan fingerprint density at radius 3 is 2.60 bits per heavy atom. The van der Waals surface area contributed by atoms with Crippen LogP contribution >= 0.6 is 0 Å². The number of aromatic nitrogens is 2. The van der Waals surface area contributed by atoms with Crippen molar-refractivity contribution in [2.24, 2.45) is 5.84 Å². The number of nitrogens with zero attached hydrogens (tertiary/aromatic N) is 3. The SMILES string of the molecule is CCN(Cc1ccncc1)C(=O)c1ccc(NN)cn1. The zero-order chi connectivity index (χ0) is 14.4. The Balaban J connectivity index is 2.12. The lowest BCUT2D eigenvalue weighted by Gasteiger charge is -2.20. The van der Waals surface area contributed by atoms with Gasteiger partial charge in [0.2, 0.25) is 0 Å². The zero-order valence-electron chi connectivity index (χ0n) is 11.3. The second kappa shape index (κ2) is 6.63. The molecule has 0 bridgehead atoms. The van der Waals surface area contributed by atoms with E-state index in [0.29, 0.717) is 24.5 Å². The van der Waals surface area contributed by atoms with Crippen LogP contribution in [0.2, 0.25) is 0 Å². The van der Waals surface area contributed by atoms with Crippen molar-refractivity contribution in [1.82, 2.24) is 14.9 Å². The predicted octanol–water partition coefficient (Wildman–Crippen LogP) is 1.42. The van der Waals surface area contributed by atoms with Crippen LogP contribution in [0.4, 0.5) is 5.69 Å². The van der Waals surface area contributed by atoms with E-state index in [0.717, 1.165) is 5.56 Å². The average Bonchev–Trinajstić information content (AvgIpc) is 2.53. The van der Waals surface area contributed by atoms with Crippen LogP contribution in [0.3, 0.4) is 0 Å². The summed E-state index contributed by atoms with van der Waals surface area (Å²) in [6, 6.07) is 7.17. The topological polar surface area (TPSA) is 84.1 Å². The molecule has 0 aliphatic heterocycles. The van der Waals surface area contributed by atoms with Crippen molar-refractivity contribution in [1.29, 1.82) is 0 Å². The molecule has 104 valence electrons. The van der Waals surface area contributed by atoms with Crippen molar-refractivity contribution in [2.45, 2.75) is 13.5 Å². The Hall–Kier alpha value is -2.47. The average molecular weight is 271 g/mol. The van der Waals surface area contributed by atoms with Crippen molar-refractivity contribution in [2.75, 3.05) is 12.0 Å². The Bertz CT molecular complexity index is 556. The summed E-state index contributed by atoms with van der Waals surface area (Å²) in [5.74, 6) is 5.17. The summed E-state index contributed by atoms with van der Waals surface area (Å²) in [6.45, 7) is 3.09. The molecule has 6 nitrogen and oxygen atoms in total. The molecule has 2 rings (SSSR count). The summed E-state index contributed by atoms with van der Waals surface area (Å²) >= 11 is 0. The van der Waals surface area contributed by atoms with Crippen LogP contribution in [-0.4, -0.2) is 27.3 Å². The van der Waals surface area contributed by atoms with Gasteiger partial charge in [-0.1, -0.05) is 0 Å². The molecule has 2 aromatic heterocycles. The van der Waals surface area contributed by atoms with Gasteiger partial charge in [-0.3, -0.25) is 15.6 Å². The summed E-state index contributed by atoms with van der Waals surface area (Å²) < 4.78 is 0. The van der Waals surface area contributed by atoms with Crippen LogP contribution in [-0.2, 0) is 6.54 Å².